The highest BCUT2D eigenvalue weighted by Gasteiger charge is 2.05. The molecule has 0 radical (unpaired) electrons. The second kappa shape index (κ2) is 7.43. The van der Waals surface area contributed by atoms with Gasteiger partial charge in [0.1, 0.15) is 12.4 Å². The number of urea groups is 1. The van der Waals surface area contributed by atoms with Gasteiger partial charge in [0, 0.05) is 12.7 Å². The van der Waals surface area contributed by atoms with E-state index in [4.69, 9.17) is 27.5 Å². The van der Waals surface area contributed by atoms with Crippen molar-refractivity contribution in [1.29, 1.82) is 0 Å². The Morgan fingerprint density at radius 3 is 2.94 bits per heavy atom. The smallest absolute Gasteiger partial charge is 0.318 e. The molecule has 1 aromatic carbocycles. The topological polar surface area (TPSA) is 59.6 Å². The highest BCUT2D eigenvalue weighted by molar-refractivity contribution is 6.32. The summed E-state index contributed by atoms with van der Waals surface area (Å²) in [4.78, 5) is 11.1. The maximum absolute atomic E-state index is 11.1. The Morgan fingerprint density at radius 1 is 1.56 bits per heavy atom. The van der Waals surface area contributed by atoms with Gasteiger partial charge in [0.05, 0.1) is 5.02 Å². The second-order valence-electron chi connectivity index (χ2n) is 3.16. The van der Waals surface area contributed by atoms with Gasteiger partial charge < -0.3 is 20.1 Å². The molecule has 1 aromatic rings. The molecule has 0 fully saturated rings. The lowest BCUT2D eigenvalue weighted by Gasteiger charge is -2.09. The van der Waals surface area contributed by atoms with Crippen LogP contribution in [0.3, 0.4) is 0 Å². The maximum atomic E-state index is 11.1. The third-order valence-electron chi connectivity index (χ3n) is 1.90. The van der Waals surface area contributed by atoms with Crippen LogP contribution >= 0.6 is 11.6 Å². The normalized spacial score (nSPS) is 9.39. The van der Waals surface area contributed by atoms with Gasteiger partial charge in [0.25, 0.3) is 0 Å². The number of nitrogens with one attached hydrogen (secondary N) is 2. The average Bonchev–Trinajstić information content (AvgIpc) is 2.36. The summed E-state index contributed by atoms with van der Waals surface area (Å²) in [5, 5.41) is 5.39. The summed E-state index contributed by atoms with van der Waals surface area (Å²) in [7, 11) is 1.53. The Labute approximate surface area is 110 Å². The molecule has 1 rings (SSSR count). The zero-order valence-electron chi connectivity index (χ0n) is 9.83. The van der Waals surface area contributed by atoms with Crippen molar-refractivity contribution in [3.8, 4) is 18.1 Å². The number of anilines is 1. The summed E-state index contributed by atoms with van der Waals surface area (Å²) in [6, 6.07) is 4.55. The Hall–Kier alpha value is -1.90. The van der Waals surface area contributed by atoms with Gasteiger partial charge in [-0.25, -0.2) is 4.79 Å². The molecular weight excluding hydrogens is 256 g/mol. The van der Waals surface area contributed by atoms with Gasteiger partial charge in [-0.3, -0.25) is 0 Å². The molecule has 96 valence electrons. The van der Waals surface area contributed by atoms with Crippen LogP contribution in [0.25, 0.3) is 0 Å². The first kappa shape index (κ1) is 14.2. The number of hydrogen-bond donors (Lipinski definition) is 2. The number of carbonyl (C=O) groups is 1. The standard InChI is InChI=1S/C12H13ClN2O3/c1-3-6-17-8-18-11-5-4-9(7-10(11)13)15-12(16)14-2/h1,4-5,7H,6,8H2,2H3,(H2,14,15,16). The van der Waals surface area contributed by atoms with Gasteiger partial charge in [-0.15, -0.1) is 6.42 Å². The SMILES string of the molecule is C#CCOCOc1ccc(NC(=O)NC)cc1Cl. The molecule has 0 saturated carbocycles. The Balaban J connectivity index is 2.57. The molecule has 6 heteroatoms. The third kappa shape index (κ3) is 4.53. The summed E-state index contributed by atoms with van der Waals surface area (Å²) in [5.74, 6) is 2.77. The first-order chi connectivity index (χ1) is 8.67. The van der Waals surface area contributed by atoms with E-state index in [2.05, 4.69) is 16.6 Å². The number of terminal acetylenes is 1. The molecule has 5 nitrogen and oxygen atoms in total. The van der Waals surface area contributed by atoms with Crippen LogP contribution in [0.2, 0.25) is 5.02 Å². The number of halogens is 1. The van der Waals surface area contributed by atoms with Crippen LogP contribution in [0.4, 0.5) is 10.5 Å². The predicted octanol–water partition coefficient (Wildman–Crippen LogP) is 2.08. The average molecular weight is 269 g/mol. The number of carbonyl (C=O) groups excluding carboxylic acids is 1. The van der Waals surface area contributed by atoms with Crippen LogP contribution in [-0.4, -0.2) is 26.5 Å². The van der Waals surface area contributed by atoms with Crippen LogP contribution in [0.1, 0.15) is 0 Å². The van der Waals surface area contributed by atoms with Gasteiger partial charge >= 0.3 is 6.03 Å². The summed E-state index contributed by atoms with van der Waals surface area (Å²) >= 11 is 5.98. The largest absolute Gasteiger partial charge is 0.466 e. The van der Waals surface area contributed by atoms with Crippen molar-refractivity contribution in [2.24, 2.45) is 0 Å². The maximum Gasteiger partial charge on any atom is 0.318 e. The second-order valence-corrected chi connectivity index (χ2v) is 3.57. The molecule has 0 heterocycles. The van der Waals surface area contributed by atoms with Crippen molar-refractivity contribution >= 4 is 23.3 Å². The summed E-state index contributed by atoms with van der Waals surface area (Å²) in [6.07, 6.45) is 5.01. The van der Waals surface area contributed by atoms with E-state index < -0.39 is 0 Å². The van der Waals surface area contributed by atoms with Crippen molar-refractivity contribution in [3.63, 3.8) is 0 Å². The molecule has 0 spiro atoms. The predicted molar refractivity (Wildman–Crippen MR) is 69.8 cm³/mol. The zero-order chi connectivity index (χ0) is 13.4. The quantitative estimate of drug-likeness (QED) is 0.488. The minimum Gasteiger partial charge on any atom is -0.466 e. The minimum atomic E-state index is -0.322. The van der Waals surface area contributed by atoms with E-state index in [1.165, 1.54) is 7.05 Å². The summed E-state index contributed by atoms with van der Waals surface area (Å²) in [5.41, 5.74) is 0.566. The minimum absolute atomic E-state index is 0.0200. The first-order valence-corrected chi connectivity index (χ1v) is 5.47. The van der Waals surface area contributed by atoms with E-state index in [1.54, 1.807) is 18.2 Å². The number of rotatable bonds is 5. The van der Waals surface area contributed by atoms with E-state index >= 15 is 0 Å². The monoisotopic (exact) mass is 268 g/mol. The molecule has 0 aliphatic heterocycles. The molecule has 0 saturated heterocycles. The lowest BCUT2D eigenvalue weighted by atomic mass is 10.3. The lowest BCUT2D eigenvalue weighted by Crippen LogP contribution is -2.24. The molecule has 0 unspecified atom stereocenters. The Bertz CT molecular complexity index is 457. The van der Waals surface area contributed by atoms with Crippen LogP contribution in [0, 0.1) is 12.3 Å². The van der Waals surface area contributed by atoms with Crippen LogP contribution in [-0.2, 0) is 4.74 Å². The molecular formula is C12H13ClN2O3. The van der Waals surface area contributed by atoms with Gasteiger partial charge in [0.2, 0.25) is 0 Å². The Morgan fingerprint density at radius 2 is 2.33 bits per heavy atom. The fraction of sp³-hybridized carbons (Fsp3) is 0.250. The van der Waals surface area contributed by atoms with Crippen LogP contribution < -0.4 is 15.4 Å². The number of benzene rings is 1. The lowest BCUT2D eigenvalue weighted by molar-refractivity contribution is 0.0334. The molecule has 2 amide bonds. The van der Waals surface area contributed by atoms with E-state index in [9.17, 15) is 4.79 Å². The zero-order valence-corrected chi connectivity index (χ0v) is 10.6. The van der Waals surface area contributed by atoms with Crippen molar-refractivity contribution in [2.75, 3.05) is 25.8 Å². The van der Waals surface area contributed by atoms with E-state index in [1.807, 2.05) is 0 Å². The van der Waals surface area contributed by atoms with Crippen molar-refractivity contribution in [1.82, 2.24) is 5.32 Å². The Kier molecular flexibility index (Phi) is 5.85. The highest BCUT2D eigenvalue weighted by Crippen LogP contribution is 2.27. The number of hydrogen-bond acceptors (Lipinski definition) is 3. The molecule has 18 heavy (non-hydrogen) atoms. The van der Waals surface area contributed by atoms with Gasteiger partial charge in [-0.05, 0) is 18.2 Å². The molecule has 2 N–H and O–H groups in total. The van der Waals surface area contributed by atoms with Gasteiger partial charge in [-0.2, -0.15) is 0 Å². The molecule has 0 aliphatic carbocycles. The van der Waals surface area contributed by atoms with Gasteiger partial charge in [0.15, 0.2) is 6.79 Å². The van der Waals surface area contributed by atoms with Gasteiger partial charge in [-0.1, -0.05) is 17.5 Å². The third-order valence-corrected chi connectivity index (χ3v) is 2.20. The van der Waals surface area contributed by atoms with Crippen LogP contribution in [0.5, 0.6) is 5.75 Å². The van der Waals surface area contributed by atoms with Crippen LogP contribution in [0.15, 0.2) is 18.2 Å². The molecule has 0 bridgehead atoms. The fourth-order valence-corrected chi connectivity index (χ4v) is 1.33. The van der Waals surface area contributed by atoms with E-state index in [0.717, 1.165) is 0 Å². The molecule has 0 atom stereocenters. The first-order valence-electron chi connectivity index (χ1n) is 5.09. The van der Waals surface area contributed by atoms with Crippen molar-refractivity contribution in [3.05, 3.63) is 23.2 Å². The fourth-order valence-electron chi connectivity index (χ4n) is 1.09. The molecule has 0 aliphatic rings. The number of ether oxygens (including phenoxy) is 2. The summed E-state index contributed by atoms with van der Waals surface area (Å²) < 4.78 is 10.2. The van der Waals surface area contributed by atoms with E-state index in [-0.39, 0.29) is 19.4 Å². The number of amides is 2. The highest BCUT2D eigenvalue weighted by atomic mass is 35.5. The van der Waals surface area contributed by atoms with E-state index in [0.29, 0.717) is 16.5 Å². The van der Waals surface area contributed by atoms with Crippen molar-refractivity contribution in [2.45, 2.75) is 0 Å². The molecule has 0 aromatic heterocycles. The summed E-state index contributed by atoms with van der Waals surface area (Å²) in [6.45, 7) is 0.195. The van der Waals surface area contributed by atoms with Crippen molar-refractivity contribution < 1.29 is 14.3 Å².